The number of benzene rings is 6. The Morgan fingerprint density at radius 3 is 1.86 bits per heavy atom. The molecule has 1 aliphatic rings. The SMILES string of the molecule is CC1(C)c2ccccc2N(c2ccc3c(c2)sc2cc(-n4c5ccccc5c5cc(C#N)ccc54)ccc23)c2ccccc21. The Balaban J connectivity index is 1.22. The number of para-hydroxylation sites is 3. The van der Waals surface area contributed by atoms with Gasteiger partial charge < -0.3 is 9.47 Å². The molecule has 0 radical (unpaired) electrons. The molecule has 0 saturated heterocycles. The molecule has 3 heterocycles. The molecule has 2 aromatic heterocycles. The van der Waals surface area contributed by atoms with Gasteiger partial charge >= 0.3 is 0 Å². The van der Waals surface area contributed by atoms with E-state index in [2.05, 4.69) is 145 Å². The van der Waals surface area contributed by atoms with E-state index in [1.54, 1.807) is 0 Å². The van der Waals surface area contributed by atoms with Gasteiger partial charge in [-0.05, 0) is 71.8 Å². The Kier molecular flexibility index (Phi) is 5.18. The summed E-state index contributed by atoms with van der Waals surface area (Å²) in [4.78, 5) is 2.43. The summed E-state index contributed by atoms with van der Waals surface area (Å²) in [7, 11) is 0. The molecule has 1 aliphatic heterocycles. The summed E-state index contributed by atoms with van der Waals surface area (Å²) >= 11 is 1.85. The van der Waals surface area contributed by atoms with Crippen LogP contribution in [0.3, 0.4) is 0 Å². The van der Waals surface area contributed by atoms with Crippen molar-refractivity contribution in [1.29, 1.82) is 5.26 Å². The average Bonchev–Trinajstić information content (AvgIpc) is 3.59. The van der Waals surface area contributed by atoms with Crippen molar-refractivity contribution in [2.24, 2.45) is 0 Å². The molecule has 0 N–H and O–H groups in total. The van der Waals surface area contributed by atoms with Crippen LogP contribution in [0.25, 0.3) is 47.7 Å². The van der Waals surface area contributed by atoms with Crippen LogP contribution < -0.4 is 4.90 Å². The first-order chi connectivity index (χ1) is 21.5. The maximum Gasteiger partial charge on any atom is 0.0991 e. The van der Waals surface area contributed by atoms with Crippen LogP contribution >= 0.6 is 11.3 Å². The van der Waals surface area contributed by atoms with Gasteiger partial charge in [-0.3, -0.25) is 0 Å². The molecule has 0 atom stereocenters. The lowest BCUT2D eigenvalue weighted by atomic mass is 9.73. The standard InChI is InChI=1S/C40H27N3S/c1-40(2)32-10-4-7-13-36(32)43(37-14-8-5-11-33(37)40)27-17-19-30-29-18-16-26(22-38(29)44-39(30)23-27)42-34-12-6-3-9-28(34)31-21-25(24-41)15-20-35(31)42/h3-23H,1-2H3. The average molecular weight is 582 g/mol. The normalized spacial score (nSPS) is 13.8. The molecule has 0 amide bonds. The number of anilines is 3. The summed E-state index contributed by atoms with van der Waals surface area (Å²) in [5.74, 6) is 0. The molecule has 0 aliphatic carbocycles. The van der Waals surface area contributed by atoms with Gasteiger partial charge in [-0.25, -0.2) is 0 Å². The van der Waals surface area contributed by atoms with Crippen LogP contribution in [0.4, 0.5) is 17.1 Å². The van der Waals surface area contributed by atoms with Crippen molar-refractivity contribution in [2.75, 3.05) is 4.90 Å². The minimum absolute atomic E-state index is 0.0786. The molecule has 208 valence electrons. The molecule has 0 bridgehead atoms. The molecular weight excluding hydrogens is 555 g/mol. The summed E-state index contributed by atoms with van der Waals surface area (Å²) in [6.45, 7) is 4.66. The van der Waals surface area contributed by atoms with Gasteiger partial charge in [0.25, 0.3) is 0 Å². The van der Waals surface area contributed by atoms with Crippen molar-refractivity contribution in [3.05, 3.63) is 144 Å². The molecule has 4 heteroatoms. The molecule has 0 unspecified atom stereocenters. The topological polar surface area (TPSA) is 32.0 Å². The van der Waals surface area contributed by atoms with Gasteiger partial charge in [0.15, 0.2) is 0 Å². The third kappa shape index (κ3) is 3.42. The van der Waals surface area contributed by atoms with Crippen molar-refractivity contribution in [1.82, 2.24) is 4.57 Å². The van der Waals surface area contributed by atoms with Crippen LogP contribution in [0.1, 0.15) is 30.5 Å². The Morgan fingerprint density at radius 2 is 1.16 bits per heavy atom. The highest BCUT2D eigenvalue weighted by atomic mass is 32.1. The summed E-state index contributed by atoms with van der Waals surface area (Å²) in [6, 6.07) is 48.1. The highest BCUT2D eigenvalue weighted by Gasteiger charge is 2.36. The fourth-order valence-electron chi connectivity index (χ4n) is 7.30. The number of fused-ring (bicyclic) bond motifs is 8. The molecular formula is C40H27N3S. The second-order valence-corrected chi connectivity index (χ2v) is 13.2. The zero-order valence-corrected chi connectivity index (χ0v) is 25.2. The zero-order chi connectivity index (χ0) is 29.6. The van der Waals surface area contributed by atoms with Crippen molar-refractivity contribution in [2.45, 2.75) is 19.3 Å². The number of thiophene rings is 1. The van der Waals surface area contributed by atoms with Gasteiger partial charge in [0, 0.05) is 47.7 Å². The van der Waals surface area contributed by atoms with Crippen LogP contribution in [0.15, 0.2) is 127 Å². The molecule has 6 aromatic carbocycles. The van der Waals surface area contributed by atoms with Gasteiger partial charge in [0.05, 0.1) is 34.0 Å². The minimum atomic E-state index is -0.0786. The van der Waals surface area contributed by atoms with Crippen LogP contribution in [-0.4, -0.2) is 4.57 Å². The first-order valence-electron chi connectivity index (χ1n) is 14.9. The number of hydrogen-bond donors (Lipinski definition) is 0. The molecule has 0 saturated carbocycles. The summed E-state index contributed by atoms with van der Waals surface area (Å²) < 4.78 is 4.86. The molecule has 0 spiro atoms. The molecule has 44 heavy (non-hydrogen) atoms. The summed E-state index contributed by atoms with van der Waals surface area (Å²) in [6.07, 6.45) is 0. The molecule has 8 aromatic rings. The number of rotatable bonds is 2. The predicted octanol–water partition coefficient (Wildman–Crippen LogP) is 11.1. The first kappa shape index (κ1) is 25.2. The van der Waals surface area contributed by atoms with Crippen LogP contribution in [0.2, 0.25) is 0 Å². The summed E-state index contributed by atoms with van der Waals surface area (Å²) in [5.41, 5.74) is 10.3. The fourth-order valence-corrected chi connectivity index (χ4v) is 8.47. The van der Waals surface area contributed by atoms with Crippen molar-refractivity contribution < 1.29 is 0 Å². The van der Waals surface area contributed by atoms with Gasteiger partial charge in [0.2, 0.25) is 0 Å². The van der Waals surface area contributed by atoms with Gasteiger partial charge in [-0.2, -0.15) is 5.26 Å². The maximum atomic E-state index is 9.54. The smallest absolute Gasteiger partial charge is 0.0991 e. The molecule has 3 nitrogen and oxygen atoms in total. The Hall–Kier alpha value is -5.37. The lowest BCUT2D eigenvalue weighted by Gasteiger charge is -2.42. The highest BCUT2D eigenvalue weighted by Crippen LogP contribution is 2.52. The Morgan fingerprint density at radius 1 is 0.568 bits per heavy atom. The third-order valence-corrected chi connectivity index (χ3v) is 10.5. The number of aromatic nitrogens is 1. The van der Waals surface area contributed by atoms with Gasteiger partial charge in [-0.15, -0.1) is 11.3 Å². The largest absolute Gasteiger partial charge is 0.310 e. The fraction of sp³-hybridized carbons (Fsp3) is 0.0750. The number of hydrogen-bond acceptors (Lipinski definition) is 3. The monoisotopic (exact) mass is 581 g/mol. The van der Waals surface area contributed by atoms with Crippen molar-refractivity contribution >= 4 is 70.4 Å². The van der Waals surface area contributed by atoms with E-state index in [-0.39, 0.29) is 5.41 Å². The zero-order valence-electron chi connectivity index (χ0n) is 24.4. The van der Waals surface area contributed by atoms with Gasteiger partial charge in [0.1, 0.15) is 0 Å². The van der Waals surface area contributed by atoms with E-state index >= 15 is 0 Å². The van der Waals surface area contributed by atoms with E-state index < -0.39 is 0 Å². The van der Waals surface area contributed by atoms with E-state index in [1.165, 1.54) is 48.4 Å². The van der Waals surface area contributed by atoms with E-state index in [4.69, 9.17) is 0 Å². The maximum absolute atomic E-state index is 9.54. The molecule has 0 fully saturated rings. The second-order valence-electron chi connectivity index (χ2n) is 12.2. The Labute approximate surface area is 259 Å². The van der Waals surface area contributed by atoms with E-state index in [9.17, 15) is 5.26 Å². The van der Waals surface area contributed by atoms with Crippen LogP contribution in [-0.2, 0) is 5.41 Å². The highest BCUT2D eigenvalue weighted by molar-refractivity contribution is 7.25. The lowest BCUT2D eigenvalue weighted by molar-refractivity contribution is 0.632. The van der Waals surface area contributed by atoms with Crippen LogP contribution in [0.5, 0.6) is 0 Å². The first-order valence-corrected chi connectivity index (χ1v) is 15.7. The lowest BCUT2D eigenvalue weighted by Crippen LogP contribution is -2.30. The van der Waals surface area contributed by atoms with E-state index in [0.717, 1.165) is 27.5 Å². The van der Waals surface area contributed by atoms with E-state index in [0.29, 0.717) is 5.56 Å². The number of nitriles is 1. The van der Waals surface area contributed by atoms with Gasteiger partial charge in [-0.1, -0.05) is 80.6 Å². The van der Waals surface area contributed by atoms with Crippen molar-refractivity contribution in [3.63, 3.8) is 0 Å². The van der Waals surface area contributed by atoms with Crippen LogP contribution in [0, 0.1) is 11.3 Å². The predicted molar refractivity (Wildman–Crippen MR) is 185 cm³/mol. The number of nitrogens with zero attached hydrogens (tertiary/aromatic N) is 3. The minimum Gasteiger partial charge on any atom is -0.310 e. The second kappa shape index (κ2) is 9.07. The van der Waals surface area contributed by atoms with Crippen molar-refractivity contribution in [3.8, 4) is 11.8 Å². The third-order valence-electron chi connectivity index (χ3n) is 9.40. The van der Waals surface area contributed by atoms with E-state index in [1.807, 2.05) is 23.5 Å². The molecule has 9 rings (SSSR count). The Bertz CT molecular complexity index is 2460. The summed E-state index contributed by atoms with van der Waals surface area (Å²) in [5, 5.41) is 14.4. The quantitative estimate of drug-likeness (QED) is 0.203.